The van der Waals surface area contributed by atoms with Gasteiger partial charge in [0.05, 0.1) is 5.69 Å². The van der Waals surface area contributed by atoms with Gasteiger partial charge in [-0.15, -0.1) is 0 Å². The molecule has 0 aliphatic rings. The summed E-state index contributed by atoms with van der Waals surface area (Å²) in [6.07, 6.45) is -4.72. The van der Waals surface area contributed by atoms with Crippen LogP contribution in [0.1, 0.15) is 11.3 Å². The summed E-state index contributed by atoms with van der Waals surface area (Å²) in [4.78, 5) is 6.99. The Hall–Kier alpha value is -2.25. The number of hydrogen-bond acceptors (Lipinski definition) is 3. The highest BCUT2D eigenvalue weighted by Crippen LogP contribution is 2.32. The molecule has 0 spiro atoms. The molecule has 0 bridgehead atoms. The quantitative estimate of drug-likeness (QED) is 0.858. The van der Waals surface area contributed by atoms with Gasteiger partial charge in [-0.3, -0.25) is 0 Å². The van der Waals surface area contributed by atoms with Gasteiger partial charge in [0, 0.05) is 12.6 Å². The lowest BCUT2D eigenvalue weighted by Crippen LogP contribution is -2.11. The van der Waals surface area contributed by atoms with Crippen molar-refractivity contribution in [2.24, 2.45) is 0 Å². The Morgan fingerprint density at radius 1 is 1.05 bits per heavy atom. The van der Waals surface area contributed by atoms with Gasteiger partial charge in [0.25, 0.3) is 0 Å². The highest BCUT2D eigenvalue weighted by atomic mass is 19.4. The summed E-state index contributed by atoms with van der Waals surface area (Å²) >= 11 is 0. The number of hydrogen-bond donors (Lipinski definition) is 1. The van der Waals surface area contributed by atoms with E-state index in [4.69, 9.17) is 0 Å². The molecule has 2 aromatic rings. The van der Waals surface area contributed by atoms with Crippen LogP contribution < -0.4 is 5.32 Å². The molecular formula is C13H10F5N3. The van der Waals surface area contributed by atoms with E-state index in [1.807, 2.05) is 0 Å². The fraction of sp³-hybridized carbons (Fsp3) is 0.231. The number of anilines is 1. The van der Waals surface area contributed by atoms with Crippen molar-refractivity contribution in [3.63, 3.8) is 0 Å². The van der Waals surface area contributed by atoms with Crippen LogP contribution in [0.2, 0.25) is 0 Å². The molecule has 1 N–H and O–H groups in total. The minimum atomic E-state index is -4.72. The Kier molecular flexibility index (Phi) is 3.80. The second-order valence-electron chi connectivity index (χ2n) is 4.27. The van der Waals surface area contributed by atoms with E-state index in [0.29, 0.717) is 6.07 Å². The third kappa shape index (κ3) is 2.93. The molecule has 21 heavy (non-hydrogen) atoms. The molecule has 0 saturated carbocycles. The van der Waals surface area contributed by atoms with E-state index >= 15 is 0 Å². The number of halogens is 5. The molecule has 0 fully saturated rings. The highest BCUT2D eigenvalue weighted by molar-refractivity contribution is 5.62. The number of alkyl halides is 3. The fourth-order valence-electron chi connectivity index (χ4n) is 1.69. The highest BCUT2D eigenvalue weighted by Gasteiger charge is 2.34. The van der Waals surface area contributed by atoms with Gasteiger partial charge in [-0.25, -0.2) is 18.7 Å². The lowest BCUT2D eigenvalue weighted by atomic mass is 10.1. The van der Waals surface area contributed by atoms with Crippen molar-refractivity contribution < 1.29 is 22.0 Å². The number of benzene rings is 1. The van der Waals surface area contributed by atoms with Gasteiger partial charge in [-0.05, 0) is 24.6 Å². The molecule has 0 radical (unpaired) electrons. The standard InChI is InChI=1S/C13H10F5N3/c1-6-3-4-7(11(15)10(6)14)8-5-9(13(16,17)18)21-12(19-2)20-8/h3-5H,1-2H3,(H,19,20,21). The predicted octanol–water partition coefficient (Wildman–Crippen LogP) is 3.79. The van der Waals surface area contributed by atoms with Gasteiger partial charge in [-0.2, -0.15) is 13.2 Å². The molecule has 8 heteroatoms. The monoisotopic (exact) mass is 303 g/mol. The molecule has 112 valence electrons. The second kappa shape index (κ2) is 5.27. The lowest BCUT2D eigenvalue weighted by molar-refractivity contribution is -0.141. The number of nitrogens with zero attached hydrogens (tertiary/aromatic N) is 2. The summed E-state index contributed by atoms with van der Waals surface area (Å²) in [7, 11) is 1.32. The van der Waals surface area contributed by atoms with Gasteiger partial charge in [-0.1, -0.05) is 6.07 Å². The maximum Gasteiger partial charge on any atom is 0.433 e. The van der Waals surface area contributed by atoms with Crippen LogP contribution in [0, 0.1) is 18.6 Å². The van der Waals surface area contributed by atoms with Gasteiger partial charge in [0.15, 0.2) is 17.3 Å². The summed E-state index contributed by atoms with van der Waals surface area (Å²) in [6, 6.07) is 3.02. The number of nitrogens with one attached hydrogen (secondary N) is 1. The van der Waals surface area contributed by atoms with E-state index in [-0.39, 0.29) is 22.8 Å². The normalized spacial score (nSPS) is 11.6. The van der Waals surface area contributed by atoms with Crippen LogP contribution in [0.3, 0.4) is 0 Å². The average Bonchev–Trinajstić information content (AvgIpc) is 2.43. The smallest absolute Gasteiger partial charge is 0.357 e. The third-order valence-electron chi connectivity index (χ3n) is 2.79. The Morgan fingerprint density at radius 2 is 1.71 bits per heavy atom. The first-order valence-corrected chi connectivity index (χ1v) is 5.83. The molecule has 1 aromatic heterocycles. The molecule has 1 heterocycles. The summed E-state index contributed by atoms with van der Waals surface area (Å²) in [5.74, 6) is -2.70. The molecule has 1 aromatic carbocycles. The van der Waals surface area contributed by atoms with Crippen LogP contribution in [0.15, 0.2) is 18.2 Å². The van der Waals surface area contributed by atoms with Gasteiger partial charge >= 0.3 is 6.18 Å². The molecule has 0 saturated heterocycles. The van der Waals surface area contributed by atoms with Crippen LogP contribution in [-0.2, 0) is 6.18 Å². The Morgan fingerprint density at radius 3 is 2.29 bits per heavy atom. The summed E-state index contributed by atoms with van der Waals surface area (Å²) in [5, 5.41) is 2.36. The minimum absolute atomic E-state index is 0.0511. The Bertz CT molecular complexity index is 682. The molecule has 2 rings (SSSR count). The Balaban J connectivity index is 2.67. The van der Waals surface area contributed by atoms with Crippen molar-refractivity contribution in [2.45, 2.75) is 13.1 Å². The maximum atomic E-state index is 13.9. The van der Waals surface area contributed by atoms with Crippen molar-refractivity contribution in [1.82, 2.24) is 9.97 Å². The number of aryl methyl sites for hydroxylation is 1. The van der Waals surface area contributed by atoms with E-state index < -0.39 is 23.5 Å². The first-order chi connectivity index (χ1) is 9.74. The van der Waals surface area contributed by atoms with Crippen LogP contribution in [0.4, 0.5) is 27.9 Å². The van der Waals surface area contributed by atoms with Crippen molar-refractivity contribution in [2.75, 3.05) is 12.4 Å². The van der Waals surface area contributed by atoms with Crippen LogP contribution in [0.5, 0.6) is 0 Å². The first kappa shape index (κ1) is 15.1. The van der Waals surface area contributed by atoms with Crippen LogP contribution >= 0.6 is 0 Å². The summed E-state index contributed by atoms with van der Waals surface area (Å²) in [6.45, 7) is 1.35. The maximum absolute atomic E-state index is 13.9. The lowest BCUT2D eigenvalue weighted by Gasteiger charge is -2.11. The summed E-state index contributed by atoms with van der Waals surface area (Å²) < 4.78 is 65.7. The van der Waals surface area contributed by atoms with E-state index in [0.717, 1.165) is 0 Å². The molecule has 0 atom stereocenters. The van der Waals surface area contributed by atoms with E-state index in [1.54, 1.807) is 0 Å². The van der Waals surface area contributed by atoms with Crippen molar-refractivity contribution in [3.8, 4) is 11.3 Å². The molecule has 3 nitrogen and oxygen atoms in total. The van der Waals surface area contributed by atoms with Gasteiger partial charge in [0.1, 0.15) is 0 Å². The zero-order valence-corrected chi connectivity index (χ0v) is 11.0. The number of aromatic nitrogens is 2. The zero-order chi connectivity index (χ0) is 15.8. The fourth-order valence-corrected chi connectivity index (χ4v) is 1.69. The molecule has 0 aliphatic carbocycles. The van der Waals surface area contributed by atoms with E-state index in [1.165, 1.54) is 26.1 Å². The SMILES string of the molecule is CNc1nc(-c2ccc(C)c(F)c2F)cc(C(F)(F)F)n1. The van der Waals surface area contributed by atoms with Crippen molar-refractivity contribution in [1.29, 1.82) is 0 Å². The van der Waals surface area contributed by atoms with E-state index in [9.17, 15) is 22.0 Å². The topological polar surface area (TPSA) is 37.8 Å². The van der Waals surface area contributed by atoms with E-state index in [2.05, 4.69) is 15.3 Å². The van der Waals surface area contributed by atoms with Gasteiger partial charge in [0.2, 0.25) is 5.95 Å². The van der Waals surface area contributed by atoms with Gasteiger partial charge < -0.3 is 5.32 Å². The van der Waals surface area contributed by atoms with Crippen molar-refractivity contribution >= 4 is 5.95 Å². The predicted molar refractivity (Wildman–Crippen MR) is 66.7 cm³/mol. The second-order valence-corrected chi connectivity index (χ2v) is 4.27. The molecule has 0 unspecified atom stereocenters. The van der Waals surface area contributed by atoms with Crippen LogP contribution in [-0.4, -0.2) is 17.0 Å². The first-order valence-electron chi connectivity index (χ1n) is 5.83. The zero-order valence-electron chi connectivity index (χ0n) is 11.0. The largest absolute Gasteiger partial charge is 0.433 e. The molecule has 0 aliphatic heterocycles. The van der Waals surface area contributed by atoms with Crippen LogP contribution in [0.25, 0.3) is 11.3 Å². The minimum Gasteiger partial charge on any atom is -0.357 e. The third-order valence-corrected chi connectivity index (χ3v) is 2.79. The molecular weight excluding hydrogens is 293 g/mol. The average molecular weight is 303 g/mol. The van der Waals surface area contributed by atoms with Crippen molar-refractivity contribution in [3.05, 3.63) is 41.1 Å². The number of rotatable bonds is 2. The summed E-state index contributed by atoms with van der Waals surface area (Å²) in [5.41, 5.74) is -1.90. The Labute approximate surface area is 116 Å². The molecule has 0 amide bonds.